The van der Waals surface area contributed by atoms with Crippen molar-refractivity contribution in [2.45, 2.75) is 49.3 Å². The van der Waals surface area contributed by atoms with Crippen LogP contribution in [0.3, 0.4) is 0 Å². The molecule has 0 saturated heterocycles. The minimum atomic E-state index is -0.364. The number of benzene rings is 1. The molecule has 1 amide bonds. The van der Waals surface area contributed by atoms with Crippen molar-refractivity contribution in [3.63, 3.8) is 0 Å². The van der Waals surface area contributed by atoms with E-state index in [0.717, 1.165) is 31.4 Å². The molecule has 0 radical (unpaired) electrons. The van der Waals surface area contributed by atoms with Gasteiger partial charge in [0.2, 0.25) is 0 Å². The molecule has 2 unspecified atom stereocenters. The zero-order chi connectivity index (χ0) is 17.9. The predicted molar refractivity (Wildman–Crippen MR) is 102 cm³/mol. The molecule has 4 fully saturated rings. The van der Waals surface area contributed by atoms with Crippen molar-refractivity contribution < 1.29 is 14.3 Å². The van der Waals surface area contributed by atoms with E-state index in [1.54, 1.807) is 4.90 Å². The number of esters is 1. The van der Waals surface area contributed by atoms with Crippen LogP contribution in [0.2, 0.25) is 0 Å². The number of halogens is 1. The van der Waals surface area contributed by atoms with Gasteiger partial charge in [0.15, 0.2) is 6.61 Å². The Morgan fingerprint density at radius 1 is 1.15 bits per heavy atom. The first-order valence-electron chi connectivity index (χ1n) is 9.71. The lowest BCUT2D eigenvalue weighted by Crippen LogP contribution is -2.56. The summed E-state index contributed by atoms with van der Waals surface area (Å²) in [6.45, 7) is 0.537. The number of alkyl halides is 1. The molecule has 138 valence electrons. The Hall–Kier alpha value is -1.36. The summed E-state index contributed by atoms with van der Waals surface area (Å²) >= 11 is 3.93. The first-order valence-corrected chi connectivity index (χ1v) is 10.5. The molecule has 0 aromatic heterocycles. The van der Waals surface area contributed by atoms with Gasteiger partial charge in [0.05, 0.1) is 5.41 Å². The fraction of sp³-hybridized carbons (Fsp3) is 0.619. The number of hydrogen-bond acceptors (Lipinski definition) is 3. The van der Waals surface area contributed by atoms with Gasteiger partial charge in [0.1, 0.15) is 0 Å². The summed E-state index contributed by atoms with van der Waals surface area (Å²) in [4.78, 5) is 27.4. The minimum Gasteiger partial charge on any atom is -0.455 e. The molecule has 1 aromatic rings. The number of amides is 1. The number of para-hydroxylation sites is 1. The molecule has 1 heterocycles. The molecular weight excluding hydrogens is 394 g/mol. The van der Waals surface area contributed by atoms with E-state index in [1.807, 2.05) is 18.2 Å². The highest BCUT2D eigenvalue weighted by atomic mass is 79.9. The van der Waals surface area contributed by atoms with Crippen LogP contribution in [0.5, 0.6) is 0 Å². The third-order valence-electron chi connectivity index (χ3n) is 6.94. The Labute approximate surface area is 162 Å². The summed E-state index contributed by atoms with van der Waals surface area (Å²) in [7, 11) is 0. The first-order chi connectivity index (χ1) is 12.5. The average molecular weight is 418 g/mol. The van der Waals surface area contributed by atoms with Gasteiger partial charge in [-0.25, -0.2) is 0 Å². The second-order valence-corrected chi connectivity index (χ2v) is 10.6. The standard InChI is InChI=1S/C21H24BrNO3/c22-21-10-14-7-15(11-21)9-20(8-14,13-21)19(25)26-12-18(24)23-6-5-16-3-1-2-4-17(16)23/h1-4,14-15H,5-13H2. The lowest BCUT2D eigenvalue weighted by atomic mass is 9.49. The van der Waals surface area contributed by atoms with Crippen LogP contribution >= 0.6 is 15.9 Å². The molecule has 4 aliphatic carbocycles. The van der Waals surface area contributed by atoms with Crippen molar-refractivity contribution >= 4 is 33.5 Å². The number of rotatable bonds is 3. The van der Waals surface area contributed by atoms with Gasteiger partial charge in [-0.1, -0.05) is 34.1 Å². The number of carbonyl (C=O) groups excluding carboxylic acids is 2. The SMILES string of the molecule is O=C(COC(=O)C12CC3CC(CC(Br)(C3)C1)C2)N1CCc2ccccc21. The maximum absolute atomic E-state index is 13.0. The highest BCUT2D eigenvalue weighted by Crippen LogP contribution is 2.64. The number of carbonyl (C=O) groups is 2. The zero-order valence-electron chi connectivity index (χ0n) is 14.9. The molecule has 1 aliphatic heterocycles. The van der Waals surface area contributed by atoms with Crippen molar-refractivity contribution in [2.24, 2.45) is 17.3 Å². The van der Waals surface area contributed by atoms with Gasteiger partial charge in [-0.3, -0.25) is 9.59 Å². The monoisotopic (exact) mass is 417 g/mol. The first kappa shape index (κ1) is 16.8. The molecule has 4 nitrogen and oxygen atoms in total. The van der Waals surface area contributed by atoms with Crippen molar-refractivity contribution in [1.29, 1.82) is 0 Å². The van der Waals surface area contributed by atoms with Gasteiger partial charge in [-0.2, -0.15) is 0 Å². The second kappa shape index (κ2) is 5.82. The lowest BCUT2D eigenvalue weighted by molar-refractivity contribution is -0.171. The highest BCUT2D eigenvalue weighted by molar-refractivity contribution is 9.10. The van der Waals surface area contributed by atoms with Gasteiger partial charge in [-0.05, 0) is 68.4 Å². The zero-order valence-corrected chi connectivity index (χ0v) is 16.5. The van der Waals surface area contributed by atoms with E-state index in [-0.39, 0.29) is 28.2 Å². The molecule has 0 N–H and O–H groups in total. The second-order valence-electron chi connectivity index (χ2n) is 8.89. The number of ether oxygens (including phenoxy) is 1. The van der Waals surface area contributed by atoms with Gasteiger partial charge >= 0.3 is 5.97 Å². The minimum absolute atomic E-state index is 0.110. The normalized spacial score (nSPS) is 36.9. The highest BCUT2D eigenvalue weighted by Gasteiger charge is 2.60. The van der Waals surface area contributed by atoms with E-state index in [2.05, 4.69) is 22.0 Å². The van der Waals surface area contributed by atoms with E-state index >= 15 is 0 Å². The van der Waals surface area contributed by atoms with Crippen LogP contribution in [0.1, 0.15) is 44.1 Å². The molecule has 4 saturated carbocycles. The fourth-order valence-corrected chi connectivity index (χ4v) is 7.80. The van der Waals surface area contributed by atoms with Crippen LogP contribution < -0.4 is 4.90 Å². The maximum atomic E-state index is 13.0. The van der Waals surface area contributed by atoms with Crippen molar-refractivity contribution in [1.82, 2.24) is 0 Å². The molecule has 5 aliphatic rings. The Bertz CT molecular complexity index is 762. The van der Waals surface area contributed by atoms with Gasteiger partial charge in [0, 0.05) is 16.6 Å². The van der Waals surface area contributed by atoms with Crippen molar-refractivity contribution in [3.05, 3.63) is 29.8 Å². The third-order valence-corrected chi connectivity index (χ3v) is 7.87. The molecule has 6 rings (SSSR count). The number of hydrogen-bond donors (Lipinski definition) is 0. The average Bonchev–Trinajstić information content (AvgIpc) is 3.01. The summed E-state index contributed by atoms with van der Waals surface area (Å²) in [5, 5.41) is 0. The largest absolute Gasteiger partial charge is 0.455 e. The smallest absolute Gasteiger partial charge is 0.312 e. The Morgan fingerprint density at radius 3 is 2.62 bits per heavy atom. The molecule has 2 atom stereocenters. The summed E-state index contributed by atoms with van der Waals surface area (Å²) in [6, 6.07) is 7.96. The van der Waals surface area contributed by atoms with Gasteiger partial charge in [-0.15, -0.1) is 0 Å². The third kappa shape index (κ3) is 2.62. The van der Waals surface area contributed by atoms with Crippen LogP contribution in [0.25, 0.3) is 0 Å². The van der Waals surface area contributed by atoms with Crippen molar-refractivity contribution in [3.8, 4) is 0 Å². The summed E-state index contributed by atoms with van der Waals surface area (Å²) in [5.41, 5.74) is 1.79. The number of nitrogens with zero attached hydrogens (tertiary/aromatic N) is 1. The van der Waals surface area contributed by atoms with Crippen LogP contribution in [0, 0.1) is 17.3 Å². The molecule has 5 heteroatoms. The predicted octanol–water partition coefficient (Wildman–Crippen LogP) is 3.85. The summed E-state index contributed by atoms with van der Waals surface area (Å²) in [6.07, 6.45) is 7.24. The molecule has 1 aromatic carbocycles. The summed E-state index contributed by atoms with van der Waals surface area (Å²) in [5.74, 6) is 1.01. The molecule has 4 bridgehead atoms. The lowest BCUT2D eigenvalue weighted by Gasteiger charge is -2.58. The van der Waals surface area contributed by atoms with Crippen molar-refractivity contribution in [2.75, 3.05) is 18.1 Å². The summed E-state index contributed by atoms with van der Waals surface area (Å²) < 4.78 is 5.73. The Kier molecular flexibility index (Phi) is 3.76. The van der Waals surface area contributed by atoms with Crippen LogP contribution in [0.15, 0.2) is 24.3 Å². The Balaban J connectivity index is 1.26. The van der Waals surface area contributed by atoms with Gasteiger partial charge in [0.25, 0.3) is 5.91 Å². The van der Waals surface area contributed by atoms with E-state index in [1.165, 1.54) is 24.8 Å². The quantitative estimate of drug-likeness (QED) is 0.554. The van der Waals surface area contributed by atoms with Crippen LogP contribution in [-0.2, 0) is 20.7 Å². The van der Waals surface area contributed by atoms with E-state index < -0.39 is 0 Å². The van der Waals surface area contributed by atoms with Gasteiger partial charge < -0.3 is 9.64 Å². The molecular formula is C21H24BrNO3. The van der Waals surface area contributed by atoms with Crippen LogP contribution in [-0.4, -0.2) is 29.4 Å². The number of anilines is 1. The molecule has 0 spiro atoms. The number of fused-ring (bicyclic) bond motifs is 1. The fourth-order valence-electron chi connectivity index (χ4n) is 6.35. The van der Waals surface area contributed by atoms with E-state index in [4.69, 9.17) is 4.74 Å². The maximum Gasteiger partial charge on any atom is 0.312 e. The van der Waals surface area contributed by atoms with E-state index in [0.29, 0.717) is 18.4 Å². The topological polar surface area (TPSA) is 46.6 Å². The van der Waals surface area contributed by atoms with E-state index in [9.17, 15) is 9.59 Å². The van der Waals surface area contributed by atoms with Crippen LogP contribution in [0.4, 0.5) is 5.69 Å². The molecule has 26 heavy (non-hydrogen) atoms. The Morgan fingerprint density at radius 2 is 1.88 bits per heavy atom.